The second-order valence-corrected chi connectivity index (χ2v) is 6.56. The van der Waals surface area contributed by atoms with Gasteiger partial charge >= 0.3 is 6.18 Å². The summed E-state index contributed by atoms with van der Waals surface area (Å²) in [6.45, 7) is 1.74. The summed E-state index contributed by atoms with van der Waals surface area (Å²) in [5, 5.41) is 16.5. The van der Waals surface area contributed by atoms with Crippen LogP contribution in [-0.2, 0) is 11.0 Å². The number of nitrogens with zero attached hydrogens (tertiary/aromatic N) is 1. The van der Waals surface area contributed by atoms with Gasteiger partial charge in [0.2, 0.25) is 5.91 Å². The van der Waals surface area contributed by atoms with Crippen molar-refractivity contribution in [3.63, 3.8) is 0 Å². The minimum atomic E-state index is -4.69. The fourth-order valence-electron chi connectivity index (χ4n) is 2.89. The van der Waals surface area contributed by atoms with Gasteiger partial charge in [-0.1, -0.05) is 0 Å². The zero-order valence-corrected chi connectivity index (χ0v) is 17.1. The van der Waals surface area contributed by atoms with Crippen LogP contribution in [0, 0.1) is 10.1 Å². The molecule has 2 aromatic carbocycles. The third-order valence-corrected chi connectivity index (χ3v) is 4.47. The average molecular weight is 441 g/mol. The number of hydrogen-bond acceptors (Lipinski definition) is 6. The molecule has 0 saturated carbocycles. The Morgan fingerprint density at radius 3 is 2.45 bits per heavy atom. The number of rotatable bonds is 9. The van der Waals surface area contributed by atoms with E-state index in [4.69, 9.17) is 9.47 Å². The van der Waals surface area contributed by atoms with Gasteiger partial charge in [0.25, 0.3) is 5.69 Å². The van der Waals surface area contributed by atoms with Crippen LogP contribution in [0.3, 0.4) is 0 Å². The van der Waals surface area contributed by atoms with Gasteiger partial charge in [-0.2, -0.15) is 13.2 Å². The lowest BCUT2D eigenvalue weighted by Crippen LogP contribution is -2.28. The van der Waals surface area contributed by atoms with Gasteiger partial charge in [0, 0.05) is 24.6 Å². The first-order valence-corrected chi connectivity index (χ1v) is 9.17. The number of carbonyl (C=O) groups excluding carboxylic acids is 1. The molecule has 1 unspecified atom stereocenters. The van der Waals surface area contributed by atoms with Gasteiger partial charge in [0.05, 0.1) is 30.7 Å². The largest absolute Gasteiger partial charge is 0.497 e. The number of methoxy groups -OCH3 is 2. The predicted molar refractivity (Wildman–Crippen MR) is 107 cm³/mol. The SMILES string of the molecule is COc1ccc(OC)c(C(C)NC(=O)CCNc2ccc(C(F)(F)F)cc2[N+](=O)[O-])c1. The molecule has 11 heteroatoms. The van der Waals surface area contributed by atoms with Gasteiger partial charge in [-0.15, -0.1) is 0 Å². The summed E-state index contributed by atoms with van der Waals surface area (Å²) in [4.78, 5) is 22.5. The molecule has 2 N–H and O–H groups in total. The Bertz CT molecular complexity index is 950. The van der Waals surface area contributed by atoms with Gasteiger partial charge in [-0.3, -0.25) is 14.9 Å². The lowest BCUT2D eigenvalue weighted by molar-refractivity contribution is -0.384. The van der Waals surface area contributed by atoms with Crippen molar-refractivity contribution >= 4 is 17.3 Å². The first kappa shape index (κ1) is 23.8. The molecule has 1 amide bonds. The van der Waals surface area contributed by atoms with Gasteiger partial charge in [-0.25, -0.2) is 0 Å². The van der Waals surface area contributed by atoms with Crippen molar-refractivity contribution in [2.75, 3.05) is 26.1 Å². The van der Waals surface area contributed by atoms with E-state index in [1.165, 1.54) is 14.2 Å². The molecular formula is C20H22F3N3O5. The molecule has 0 fully saturated rings. The number of amides is 1. The van der Waals surface area contributed by atoms with Crippen LogP contribution in [0.25, 0.3) is 0 Å². The molecule has 1 atom stereocenters. The minimum Gasteiger partial charge on any atom is -0.497 e. The second-order valence-electron chi connectivity index (χ2n) is 6.56. The van der Waals surface area contributed by atoms with E-state index >= 15 is 0 Å². The normalized spacial score (nSPS) is 12.1. The maximum Gasteiger partial charge on any atom is 0.416 e. The number of nitrogens with one attached hydrogen (secondary N) is 2. The van der Waals surface area contributed by atoms with Crippen LogP contribution in [-0.4, -0.2) is 31.6 Å². The second kappa shape index (κ2) is 10.0. The Morgan fingerprint density at radius 1 is 1.16 bits per heavy atom. The van der Waals surface area contributed by atoms with Gasteiger partial charge in [0.1, 0.15) is 17.2 Å². The summed E-state index contributed by atoms with van der Waals surface area (Å²) in [5.41, 5.74) is -1.25. The molecule has 0 aromatic heterocycles. The Hall–Kier alpha value is -3.50. The summed E-state index contributed by atoms with van der Waals surface area (Å²) < 4.78 is 48.8. The number of carbonyl (C=O) groups is 1. The fraction of sp³-hybridized carbons (Fsp3) is 0.350. The molecule has 2 aromatic rings. The Morgan fingerprint density at radius 2 is 1.87 bits per heavy atom. The number of ether oxygens (including phenoxy) is 2. The Kier molecular flexibility index (Phi) is 7.67. The highest BCUT2D eigenvalue weighted by Crippen LogP contribution is 2.35. The van der Waals surface area contributed by atoms with E-state index < -0.39 is 28.4 Å². The zero-order chi connectivity index (χ0) is 23.2. The molecule has 0 spiro atoms. The van der Waals surface area contributed by atoms with Crippen LogP contribution >= 0.6 is 0 Å². The molecule has 168 valence electrons. The van der Waals surface area contributed by atoms with Gasteiger partial charge in [-0.05, 0) is 37.3 Å². The molecule has 2 rings (SSSR count). The van der Waals surface area contributed by atoms with Crippen LogP contribution < -0.4 is 20.1 Å². The quantitative estimate of drug-likeness (QED) is 0.444. The fourth-order valence-corrected chi connectivity index (χ4v) is 2.89. The number of anilines is 1. The van der Waals surface area contributed by atoms with Gasteiger partial charge < -0.3 is 20.1 Å². The summed E-state index contributed by atoms with van der Waals surface area (Å²) >= 11 is 0. The van der Waals surface area contributed by atoms with E-state index in [1.54, 1.807) is 25.1 Å². The van der Waals surface area contributed by atoms with Crippen molar-refractivity contribution in [3.05, 3.63) is 57.6 Å². The molecule has 0 aliphatic heterocycles. The maximum atomic E-state index is 12.8. The number of halogens is 3. The highest BCUT2D eigenvalue weighted by molar-refractivity contribution is 5.77. The monoisotopic (exact) mass is 441 g/mol. The first-order valence-electron chi connectivity index (χ1n) is 9.17. The maximum absolute atomic E-state index is 12.8. The molecule has 8 nitrogen and oxygen atoms in total. The molecule has 0 aliphatic carbocycles. The molecule has 0 saturated heterocycles. The Balaban J connectivity index is 2.00. The lowest BCUT2D eigenvalue weighted by atomic mass is 10.1. The van der Waals surface area contributed by atoms with E-state index in [9.17, 15) is 28.1 Å². The number of nitro benzene ring substituents is 1. The van der Waals surface area contributed by atoms with Crippen molar-refractivity contribution in [2.45, 2.75) is 25.6 Å². The minimum absolute atomic E-state index is 0.0139. The number of nitro groups is 1. The standard InChI is InChI=1S/C20H22F3N3O5/c1-12(15-11-14(30-2)5-7-18(15)31-3)25-19(27)8-9-24-16-6-4-13(20(21,22)23)10-17(16)26(28)29/h4-7,10-12,24H,8-9H2,1-3H3,(H,25,27). The van der Waals surface area contributed by atoms with Crippen molar-refractivity contribution in [2.24, 2.45) is 0 Å². The number of hydrogen-bond donors (Lipinski definition) is 2. The highest BCUT2D eigenvalue weighted by atomic mass is 19.4. The predicted octanol–water partition coefficient (Wildman–Crippen LogP) is 4.31. The van der Waals surface area contributed by atoms with E-state index in [0.717, 1.165) is 12.1 Å². The van der Waals surface area contributed by atoms with Crippen molar-refractivity contribution in [1.29, 1.82) is 0 Å². The third kappa shape index (κ3) is 6.24. The van der Waals surface area contributed by atoms with Crippen molar-refractivity contribution in [3.8, 4) is 11.5 Å². The molecule has 0 bridgehead atoms. The molecule has 31 heavy (non-hydrogen) atoms. The molecular weight excluding hydrogens is 419 g/mol. The van der Waals surface area contributed by atoms with Crippen molar-refractivity contribution in [1.82, 2.24) is 5.32 Å². The molecule has 0 radical (unpaired) electrons. The number of alkyl halides is 3. The van der Waals surface area contributed by atoms with Gasteiger partial charge in [0.15, 0.2) is 0 Å². The summed E-state index contributed by atoms with van der Waals surface area (Å²) in [7, 11) is 3.02. The summed E-state index contributed by atoms with van der Waals surface area (Å²) in [6.07, 6.45) is -4.75. The van der Waals surface area contributed by atoms with E-state index in [0.29, 0.717) is 23.1 Å². The third-order valence-electron chi connectivity index (χ3n) is 4.47. The van der Waals surface area contributed by atoms with E-state index in [-0.39, 0.29) is 24.6 Å². The highest BCUT2D eigenvalue weighted by Gasteiger charge is 2.33. The molecule has 0 heterocycles. The summed E-state index contributed by atoms with van der Waals surface area (Å²) in [6, 6.07) is 6.92. The molecule has 0 aliphatic rings. The summed E-state index contributed by atoms with van der Waals surface area (Å²) in [5.74, 6) is 0.791. The van der Waals surface area contributed by atoms with E-state index in [2.05, 4.69) is 10.6 Å². The topological polar surface area (TPSA) is 103 Å². The Labute approximate surface area is 176 Å². The zero-order valence-electron chi connectivity index (χ0n) is 17.1. The first-order chi connectivity index (χ1) is 14.6. The van der Waals surface area contributed by atoms with E-state index in [1.807, 2.05) is 0 Å². The number of benzene rings is 2. The smallest absolute Gasteiger partial charge is 0.416 e. The van der Waals surface area contributed by atoms with Crippen LogP contribution in [0.5, 0.6) is 11.5 Å². The van der Waals surface area contributed by atoms with Crippen LogP contribution in [0.2, 0.25) is 0 Å². The van der Waals surface area contributed by atoms with Crippen LogP contribution in [0.4, 0.5) is 24.5 Å². The average Bonchev–Trinajstić information content (AvgIpc) is 2.72. The van der Waals surface area contributed by atoms with Crippen LogP contribution in [0.1, 0.15) is 30.5 Å². The lowest BCUT2D eigenvalue weighted by Gasteiger charge is -2.18. The van der Waals surface area contributed by atoms with Crippen LogP contribution in [0.15, 0.2) is 36.4 Å². The van der Waals surface area contributed by atoms with Crippen molar-refractivity contribution < 1.29 is 32.4 Å².